The number of benzene rings is 2. The quantitative estimate of drug-likeness (QED) is 0.447. The molecule has 1 aliphatic rings. The van der Waals surface area contributed by atoms with Gasteiger partial charge in [-0.05, 0) is 55.7 Å². The summed E-state index contributed by atoms with van der Waals surface area (Å²) in [6, 6.07) is 19.8. The predicted molar refractivity (Wildman–Crippen MR) is 131 cm³/mol. The summed E-state index contributed by atoms with van der Waals surface area (Å²) < 4.78 is 0. The molecule has 0 saturated carbocycles. The van der Waals surface area contributed by atoms with E-state index < -0.39 is 0 Å². The summed E-state index contributed by atoms with van der Waals surface area (Å²) in [7, 11) is 0. The second kappa shape index (κ2) is 9.45. The molecule has 0 atom stereocenters. The van der Waals surface area contributed by atoms with Crippen LogP contribution in [0.4, 0.5) is 0 Å². The van der Waals surface area contributed by atoms with Crippen LogP contribution in [0.1, 0.15) is 53.3 Å². The fourth-order valence-electron chi connectivity index (χ4n) is 4.73. The number of thiophene rings is 1. The molecular weight excluding hydrogens is 432 g/mol. The molecule has 0 unspecified atom stereocenters. The minimum Gasteiger partial charge on any atom is -1.00 e. The van der Waals surface area contributed by atoms with E-state index in [4.69, 9.17) is 4.98 Å². The molecule has 2 heterocycles. The van der Waals surface area contributed by atoms with Crippen LogP contribution in [0.25, 0.3) is 32.6 Å². The lowest BCUT2D eigenvalue weighted by atomic mass is 9.88. The van der Waals surface area contributed by atoms with Gasteiger partial charge >= 0.3 is 0 Å². The standard InChI is InChI=1S/C28H26N2S.ClH/c1-3-6-19-11-15-21(16-12-19)27-23(17-29)25(20-13-9-18(2)10-14-20)26-22-7-4-5-8-24(22)31-28(26)30-27;/h9-16H,3-8H2,1-2H3;1H/p-1. The second-order valence-electron chi connectivity index (χ2n) is 8.53. The molecule has 0 aliphatic heterocycles. The third-order valence-corrected chi connectivity index (χ3v) is 7.51. The smallest absolute Gasteiger partial charge is 0.125 e. The fourth-order valence-corrected chi connectivity index (χ4v) is 6.00. The summed E-state index contributed by atoms with van der Waals surface area (Å²) in [5.41, 5.74) is 8.71. The Bertz CT molecular complexity index is 1300. The van der Waals surface area contributed by atoms with Crippen LogP contribution in [0.3, 0.4) is 0 Å². The van der Waals surface area contributed by atoms with Crippen molar-refractivity contribution >= 4 is 21.6 Å². The lowest BCUT2D eigenvalue weighted by Crippen LogP contribution is -3.00. The van der Waals surface area contributed by atoms with Crippen molar-refractivity contribution in [3.63, 3.8) is 0 Å². The Labute approximate surface area is 200 Å². The maximum Gasteiger partial charge on any atom is 0.125 e. The van der Waals surface area contributed by atoms with Crippen LogP contribution >= 0.6 is 11.3 Å². The third kappa shape index (κ3) is 3.94. The van der Waals surface area contributed by atoms with Gasteiger partial charge in [0.1, 0.15) is 10.9 Å². The van der Waals surface area contributed by atoms with Gasteiger partial charge in [0, 0.05) is 21.4 Å². The van der Waals surface area contributed by atoms with E-state index in [2.05, 4.69) is 68.4 Å². The number of nitrogens with zero attached hydrogens (tertiary/aromatic N) is 2. The molecule has 0 saturated heterocycles. The third-order valence-electron chi connectivity index (χ3n) is 6.32. The van der Waals surface area contributed by atoms with Gasteiger partial charge in [0.15, 0.2) is 0 Å². The molecule has 0 spiro atoms. The summed E-state index contributed by atoms with van der Waals surface area (Å²) in [5, 5.41) is 11.5. The normalized spacial score (nSPS) is 12.8. The van der Waals surface area contributed by atoms with E-state index in [1.165, 1.54) is 39.8 Å². The Morgan fingerprint density at radius 3 is 2.34 bits per heavy atom. The van der Waals surface area contributed by atoms with Gasteiger partial charge in [-0.25, -0.2) is 4.98 Å². The van der Waals surface area contributed by atoms with Crippen molar-refractivity contribution in [2.75, 3.05) is 0 Å². The van der Waals surface area contributed by atoms with Gasteiger partial charge in [-0.3, -0.25) is 0 Å². The van der Waals surface area contributed by atoms with E-state index in [0.29, 0.717) is 5.56 Å². The lowest BCUT2D eigenvalue weighted by Gasteiger charge is -2.15. The zero-order valence-corrected chi connectivity index (χ0v) is 20.1. The molecule has 0 radical (unpaired) electrons. The molecule has 4 heteroatoms. The minimum absolute atomic E-state index is 0. The van der Waals surface area contributed by atoms with Crippen molar-refractivity contribution in [2.45, 2.75) is 52.4 Å². The van der Waals surface area contributed by atoms with Crippen LogP contribution in [0, 0.1) is 18.3 Å². The van der Waals surface area contributed by atoms with E-state index in [1.54, 1.807) is 0 Å². The maximum atomic E-state index is 10.3. The highest BCUT2D eigenvalue weighted by atomic mass is 35.5. The molecule has 1 aliphatic carbocycles. The van der Waals surface area contributed by atoms with Crippen molar-refractivity contribution in [1.29, 1.82) is 5.26 Å². The molecule has 32 heavy (non-hydrogen) atoms. The van der Waals surface area contributed by atoms with Gasteiger partial charge in [-0.1, -0.05) is 67.4 Å². The minimum atomic E-state index is 0. The SMILES string of the molecule is CCCc1ccc(-c2nc3sc4c(c3c(-c3ccc(C)cc3)c2C#N)CCCC4)cc1.[Cl-]. The first-order chi connectivity index (χ1) is 15.2. The fraction of sp³-hybridized carbons (Fsp3) is 0.286. The average molecular weight is 458 g/mol. The summed E-state index contributed by atoms with van der Waals surface area (Å²) in [6.45, 7) is 4.30. The number of nitriles is 1. The maximum absolute atomic E-state index is 10.3. The Morgan fingerprint density at radius 1 is 0.969 bits per heavy atom. The Morgan fingerprint density at radius 2 is 1.66 bits per heavy atom. The predicted octanol–water partition coefficient (Wildman–Crippen LogP) is 4.65. The monoisotopic (exact) mass is 457 g/mol. The first-order valence-corrected chi connectivity index (χ1v) is 12.1. The van der Waals surface area contributed by atoms with Gasteiger partial charge < -0.3 is 12.4 Å². The van der Waals surface area contributed by atoms with Crippen LogP contribution in [0.2, 0.25) is 0 Å². The Balaban J connectivity index is 0.00000245. The van der Waals surface area contributed by atoms with Gasteiger partial charge in [0.05, 0.1) is 11.3 Å². The van der Waals surface area contributed by atoms with E-state index in [1.807, 2.05) is 11.3 Å². The number of aromatic nitrogens is 1. The Kier molecular flexibility index (Phi) is 6.65. The van der Waals surface area contributed by atoms with Crippen LogP contribution in [0.15, 0.2) is 48.5 Å². The summed E-state index contributed by atoms with van der Waals surface area (Å²) in [4.78, 5) is 7.63. The van der Waals surface area contributed by atoms with Crippen LogP contribution < -0.4 is 12.4 Å². The van der Waals surface area contributed by atoms with Gasteiger partial charge in [-0.2, -0.15) is 5.26 Å². The van der Waals surface area contributed by atoms with Gasteiger partial charge in [0.2, 0.25) is 0 Å². The van der Waals surface area contributed by atoms with Crippen molar-refractivity contribution in [3.05, 3.63) is 75.7 Å². The topological polar surface area (TPSA) is 36.7 Å². The average Bonchev–Trinajstić information content (AvgIpc) is 3.17. The molecule has 2 nitrogen and oxygen atoms in total. The van der Waals surface area contributed by atoms with Gasteiger partial charge in [-0.15, -0.1) is 11.3 Å². The molecule has 5 rings (SSSR count). The molecule has 2 aromatic carbocycles. The molecule has 0 bridgehead atoms. The second-order valence-corrected chi connectivity index (χ2v) is 9.61. The molecule has 0 amide bonds. The number of aryl methyl sites for hydroxylation is 4. The first kappa shape index (κ1) is 22.5. The first-order valence-electron chi connectivity index (χ1n) is 11.2. The van der Waals surface area contributed by atoms with Crippen molar-refractivity contribution in [3.8, 4) is 28.5 Å². The zero-order valence-electron chi connectivity index (χ0n) is 18.5. The number of rotatable bonds is 4. The van der Waals surface area contributed by atoms with E-state index in [-0.39, 0.29) is 12.4 Å². The highest BCUT2D eigenvalue weighted by Gasteiger charge is 2.25. The molecule has 4 aromatic rings. The van der Waals surface area contributed by atoms with E-state index >= 15 is 0 Å². The lowest BCUT2D eigenvalue weighted by molar-refractivity contribution is -0.00000641. The number of halogens is 1. The number of hydrogen-bond acceptors (Lipinski definition) is 3. The molecular formula is C28H26ClN2S-. The number of pyridine rings is 1. The Hall–Kier alpha value is -2.67. The number of hydrogen-bond donors (Lipinski definition) is 0. The highest BCUT2D eigenvalue weighted by Crippen LogP contribution is 2.44. The van der Waals surface area contributed by atoms with E-state index in [9.17, 15) is 5.26 Å². The van der Waals surface area contributed by atoms with Crippen molar-refractivity contribution in [1.82, 2.24) is 4.98 Å². The van der Waals surface area contributed by atoms with Crippen LogP contribution in [-0.4, -0.2) is 4.98 Å². The zero-order chi connectivity index (χ0) is 21.4. The molecule has 162 valence electrons. The summed E-state index contributed by atoms with van der Waals surface area (Å²) >= 11 is 1.83. The highest BCUT2D eigenvalue weighted by molar-refractivity contribution is 7.19. The van der Waals surface area contributed by atoms with Crippen LogP contribution in [0.5, 0.6) is 0 Å². The van der Waals surface area contributed by atoms with E-state index in [0.717, 1.165) is 52.9 Å². The van der Waals surface area contributed by atoms with Crippen LogP contribution in [-0.2, 0) is 19.3 Å². The molecule has 0 N–H and O–H groups in total. The van der Waals surface area contributed by atoms with Gasteiger partial charge in [0.25, 0.3) is 0 Å². The molecule has 2 aromatic heterocycles. The largest absolute Gasteiger partial charge is 1.00 e. The number of fused-ring (bicyclic) bond motifs is 3. The summed E-state index contributed by atoms with van der Waals surface area (Å²) in [6.07, 6.45) is 6.89. The molecule has 0 fully saturated rings. The van der Waals surface area contributed by atoms with Crippen molar-refractivity contribution < 1.29 is 12.4 Å². The van der Waals surface area contributed by atoms with Crippen molar-refractivity contribution in [2.24, 2.45) is 0 Å². The summed E-state index contributed by atoms with van der Waals surface area (Å²) in [5.74, 6) is 0.